The molecule has 2 aliphatic rings. The zero-order chi connectivity index (χ0) is 22.6. The number of hydrogen-bond donors (Lipinski definition) is 1. The molecular weight excluding hydrogens is 390 g/mol. The highest BCUT2D eigenvalue weighted by Gasteiger charge is 2.43. The van der Waals surface area contributed by atoms with Gasteiger partial charge in [0.1, 0.15) is 12.4 Å². The Morgan fingerprint density at radius 3 is 2.74 bits per heavy atom. The second-order valence-electron chi connectivity index (χ2n) is 9.06. The van der Waals surface area contributed by atoms with E-state index in [1.807, 2.05) is 31.2 Å². The van der Waals surface area contributed by atoms with E-state index in [9.17, 15) is 9.59 Å². The van der Waals surface area contributed by atoms with Gasteiger partial charge in [-0.25, -0.2) is 4.79 Å². The van der Waals surface area contributed by atoms with Crippen LogP contribution in [0, 0.1) is 5.41 Å². The number of para-hydroxylation sites is 1. The Labute approximate surface area is 185 Å². The van der Waals surface area contributed by atoms with Crippen molar-refractivity contribution in [3.8, 4) is 5.75 Å². The monoisotopic (exact) mass is 423 g/mol. The number of carbonyl (C=O) groups excluding carboxylic acids is 2. The Kier molecular flexibility index (Phi) is 7.04. The van der Waals surface area contributed by atoms with E-state index < -0.39 is 11.9 Å². The van der Waals surface area contributed by atoms with Crippen LogP contribution in [-0.4, -0.2) is 25.0 Å². The van der Waals surface area contributed by atoms with Crippen LogP contribution in [0.25, 0.3) is 0 Å². The van der Waals surface area contributed by atoms with Gasteiger partial charge in [-0.3, -0.25) is 4.79 Å². The van der Waals surface area contributed by atoms with Crippen LogP contribution in [0.15, 0.2) is 59.5 Å². The fraction of sp³-hybridized carbons (Fsp3) is 0.462. The maximum atomic E-state index is 13.4. The van der Waals surface area contributed by atoms with Crippen LogP contribution < -0.4 is 10.1 Å². The number of dihydropyridines is 1. The van der Waals surface area contributed by atoms with Crippen molar-refractivity contribution < 1.29 is 19.1 Å². The van der Waals surface area contributed by atoms with E-state index in [0.717, 1.165) is 30.5 Å². The van der Waals surface area contributed by atoms with Gasteiger partial charge in [-0.1, -0.05) is 58.0 Å². The van der Waals surface area contributed by atoms with Crippen molar-refractivity contribution in [2.24, 2.45) is 5.41 Å². The third-order valence-electron chi connectivity index (χ3n) is 5.78. The van der Waals surface area contributed by atoms with Crippen LogP contribution >= 0.6 is 0 Å². The molecule has 5 nitrogen and oxygen atoms in total. The van der Waals surface area contributed by atoms with Crippen molar-refractivity contribution in [2.45, 2.75) is 59.3 Å². The standard InChI is InChI=1S/C26H33NO4/c1-6-8-14-30-21-12-10-9-11-18(21)23-22(25(29)31-13-7-2)17(3)27-19-15-26(4,5)16-20(28)24(19)23/h7,9-12,23,27H,2,6,8,13-16H2,1,3-5H3/t23-/m1/s1. The highest BCUT2D eigenvalue weighted by molar-refractivity contribution is 6.04. The fourth-order valence-electron chi connectivity index (χ4n) is 4.41. The van der Waals surface area contributed by atoms with E-state index in [4.69, 9.17) is 9.47 Å². The van der Waals surface area contributed by atoms with E-state index in [2.05, 4.69) is 32.7 Å². The van der Waals surface area contributed by atoms with Crippen LogP contribution in [0.1, 0.15) is 64.9 Å². The minimum Gasteiger partial charge on any atom is -0.493 e. The van der Waals surface area contributed by atoms with Gasteiger partial charge in [-0.05, 0) is 31.2 Å². The van der Waals surface area contributed by atoms with Crippen molar-refractivity contribution in [3.05, 3.63) is 65.0 Å². The zero-order valence-corrected chi connectivity index (χ0v) is 19.0. The molecule has 1 heterocycles. The molecule has 0 fully saturated rings. The molecule has 0 saturated heterocycles. The zero-order valence-electron chi connectivity index (χ0n) is 19.0. The smallest absolute Gasteiger partial charge is 0.337 e. The van der Waals surface area contributed by atoms with E-state index in [-0.39, 0.29) is 17.8 Å². The van der Waals surface area contributed by atoms with E-state index in [1.54, 1.807) is 6.08 Å². The molecular formula is C26H33NO4. The van der Waals surface area contributed by atoms with Crippen molar-refractivity contribution in [1.29, 1.82) is 0 Å². The number of allylic oxidation sites excluding steroid dienone is 3. The maximum Gasteiger partial charge on any atom is 0.337 e. The van der Waals surface area contributed by atoms with Crippen LogP contribution in [0.4, 0.5) is 0 Å². The third-order valence-corrected chi connectivity index (χ3v) is 5.78. The number of esters is 1. The summed E-state index contributed by atoms with van der Waals surface area (Å²) < 4.78 is 11.5. The van der Waals surface area contributed by atoms with Gasteiger partial charge in [-0.15, -0.1) is 0 Å². The number of rotatable bonds is 8. The third kappa shape index (κ3) is 4.92. The van der Waals surface area contributed by atoms with Gasteiger partial charge in [0.15, 0.2) is 5.78 Å². The molecule has 0 amide bonds. The number of unbranched alkanes of at least 4 members (excludes halogenated alkanes) is 1. The maximum absolute atomic E-state index is 13.4. The van der Waals surface area contributed by atoms with Crippen molar-refractivity contribution >= 4 is 11.8 Å². The number of nitrogens with one attached hydrogen (secondary N) is 1. The molecule has 1 N–H and O–H groups in total. The fourth-order valence-corrected chi connectivity index (χ4v) is 4.41. The first-order chi connectivity index (χ1) is 14.8. The number of benzene rings is 1. The Bertz CT molecular complexity index is 938. The topological polar surface area (TPSA) is 64.6 Å². The largest absolute Gasteiger partial charge is 0.493 e. The number of hydrogen-bond acceptors (Lipinski definition) is 5. The average Bonchev–Trinajstić information content (AvgIpc) is 2.70. The Hall–Kier alpha value is -2.82. The first-order valence-corrected chi connectivity index (χ1v) is 11.0. The number of ketones is 1. The Morgan fingerprint density at radius 2 is 2.03 bits per heavy atom. The second-order valence-corrected chi connectivity index (χ2v) is 9.06. The first-order valence-electron chi connectivity index (χ1n) is 11.0. The summed E-state index contributed by atoms with van der Waals surface area (Å²) in [6.45, 7) is 12.5. The molecule has 3 rings (SSSR count). The van der Waals surface area contributed by atoms with E-state index >= 15 is 0 Å². The molecule has 31 heavy (non-hydrogen) atoms. The van der Waals surface area contributed by atoms with Gasteiger partial charge in [0.05, 0.1) is 18.1 Å². The van der Waals surface area contributed by atoms with Gasteiger partial charge in [0.25, 0.3) is 0 Å². The lowest BCUT2D eigenvalue weighted by molar-refractivity contribution is -0.138. The molecule has 0 saturated carbocycles. The SMILES string of the molecule is C=CCOC(=O)C1=C(C)NC2=C(C(=O)CC(C)(C)C2)[C@@H]1c1ccccc1OCCCC. The number of ether oxygens (including phenoxy) is 2. The lowest BCUT2D eigenvalue weighted by Gasteiger charge is -2.39. The molecule has 0 aromatic heterocycles. The number of carbonyl (C=O) groups is 2. The molecule has 1 aliphatic carbocycles. The summed E-state index contributed by atoms with van der Waals surface area (Å²) in [7, 11) is 0. The van der Waals surface area contributed by atoms with Gasteiger partial charge in [0.2, 0.25) is 0 Å². The molecule has 166 valence electrons. The minimum atomic E-state index is -0.519. The van der Waals surface area contributed by atoms with Crippen molar-refractivity contribution in [3.63, 3.8) is 0 Å². The Morgan fingerprint density at radius 1 is 1.29 bits per heavy atom. The molecule has 1 aromatic carbocycles. The summed E-state index contributed by atoms with van der Waals surface area (Å²) in [6, 6.07) is 7.69. The minimum absolute atomic E-state index is 0.0635. The number of Topliss-reactive ketones (excluding diaryl/α,β-unsaturated/α-hetero) is 1. The molecule has 0 bridgehead atoms. The lowest BCUT2D eigenvalue weighted by Crippen LogP contribution is -2.38. The van der Waals surface area contributed by atoms with Crippen LogP contribution in [0.5, 0.6) is 5.75 Å². The molecule has 5 heteroatoms. The average molecular weight is 424 g/mol. The highest BCUT2D eigenvalue weighted by atomic mass is 16.5. The van der Waals surface area contributed by atoms with E-state index in [1.165, 1.54) is 0 Å². The summed E-state index contributed by atoms with van der Waals surface area (Å²) in [4.78, 5) is 26.4. The summed E-state index contributed by atoms with van der Waals surface area (Å²) in [5.74, 6) is -0.194. The summed E-state index contributed by atoms with van der Waals surface area (Å²) in [6.07, 6.45) is 4.69. The lowest BCUT2D eigenvalue weighted by atomic mass is 9.68. The highest BCUT2D eigenvalue weighted by Crippen LogP contribution is 2.48. The van der Waals surface area contributed by atoms with Crippen molar-refractivity contribution in [2.75, 3.05) is 13.2 Å². The summed E-state index contributed by atoms with van der Waals surface area (Å²) >= 11 is 0. The van der Waals surface area contributed by atoms with Crippen LogP contribution in [0.3, 0.4) is 0 Å². The van der Waals surface area contributed by atoms with Crippen molar-refractivity contribution in [1.82, 2.24) is 5.32 Å². The summed E-state index contributed by atoms with van der Waals surface area (Å²) in [5, 5.41) is 3.35. The molecule has 0 spiro atoms. The van der Waals surface area contributed by atoms with Gasteiger partial charge >= 0.3 is 5.97 Å². The quantitative estimate of drug-likeness (QED) is 0.354. The molecule has 1 atom stereocenters. The molecule has 1 aliphatic heterocycles. The predicted octanol–water partition coefficient (Wildman–Crippen LogP) is 5.20. The molecule has 0 unspecified atom stereocenters. The van der Waals surface area contributed by atoms with Gasteiger partial charge in [-0.2, -0.15) is 0 Å². The normalized spacial score (nSPS) is 20.1. The van der Waals surface area contributed by atoms with Gasteiger partial charge in [0, 0.05) is 29.0 Å². The van der Waals surface area contributed by atoms with Crippen LogP contribution in [0.2, 0.25) is 0 Å². The molecule has 0 radical (unpaired) electrons. The second kappa shape index (κ2) is 9.54. The van der Waals surface area contributed by atoms with Crippen LogP contribution in [-0.2, 0) is 14.3 Å². The summed E-state index contributed by atoms with van der Waals surface area (Å²) in [5.41, 5.74) is 3.41. The molecule has 1 aromatic rings. The van der Waals surface area contributed by atoms with Gasteiger partial charge < -0.3 is 14.8 Å². The van der Waals surface area contributed by atoms with E-state index in [0.29, 0.717) is 35.6 Å². The Balaban J connectivity index is 2.14. The first kappa shape index (κ1) is 22.9. The predicted molar refractivity (Wildman–Crippen MR) is 122 cm³/mol.